The van der Waals surface area contributed by atoms with Crippen LogP contribution in [0.3, 0.4) is 0 Å². The Morgan fingerprint density at radius 2 is 1.13 bits per heavy atom. The molecule has 0 saturated carbocycles. The topological polar surface area (TPSA) is 9.72 Å². The van der Waals surface area contributed by atoms with E-state index in [1.165, 1.54) is 76.9 Å². The van der Waals surface area contributed by atoms with Crippen molar-refractivity contribution in [3.05, 3.63) is 241 Å². The molecule has 62 heavy (non-hydrogen) atoms. The third-order valence-corrected chi connectivity index (χ3v) is 13.5. The number of allylic oxidation sites excluding steroid dienone is 1. The predicted molar refractivity (Wildman–Crippen MR) is 263 cm³/mol. The van der Waals surface area contributed by atoms with Gasteiger partial charge in [0.2, 0.25) is 0 Å². The highest BCUT2D eigenvalue weighted by atomic mass is 32.2. The van der Waals surface area contributed by atoms with E-state index in [2.05, 4.69) is 245 Å². The van der Waals surface area contributed by atoms with Gasteiger partial charge in [-0.3, -0.25) is 0 Å². The molecule has 3 heterocycles. The molecule has 0 amide bonds. The fourth-order valence-electron chi connectivity index (χ4n) is 9.75. The van der Waals surface area contributed by atoms with Crippen molar-refractivity contribution in [3.63, 3.8) is 0 Å². The monoisotopic (exact) mass is 809 g/mol. The Balaban J connectivity index is 1.16. The third-order valence-electron chi connectivity index (χ3n) is 12.4. The molecule has 9 aromatic carbocycles. The first-order chi connectivity index (χ1) is 30.8. The number of benzene rings is 9. The molecular weight excluding hydrogens is 770 g/mol. The van der Waals surface area contributed by atoms with Gasteiger partial charge in [0.1, 0.15) is 0 Å². The average molecular weight is 810 g/mol. The van der Waals surface area contributed by atoms with Gasteiger partial charge in [-0.25, -0.2) is 0 Å². The van der Waals surface area contributed by atoms with Crippen molar-refractivity contribution in [2.24, 2.45) is 0 Å². The smallest absolute Gasteiger partial charge is 0.333 e. The summed E-state index contributed by atoms with van der Waals surface area (Å²) in [5, 5.41) is 0. The van der Waals surface area contributed by atoms with E-state index in [0.717, 1.165) is 29.2 Å². The number of fused-ring (bicyclic) bond motifs is 6. The minimum Gasteiger partial charge on any atom is -0.374 e. The molecule has 0 atom stereocenters. The first-order valence-corrected chi connectivity index (χ1v) is 22.2. The largest absolute Gasteiger partial charge is 0.374 e. The maximum atomic E-state index is 2.66. The lowest BCUT2D eigenvalue weighted by Gasteiger charge is -2.48. The molecule has 0 aromatic heterocycles. The summed E-state index contributed by atoms with van der Waals surface area (Å²) in [6.45, 7) is -0.108. The van der Waals surface area contributed by atoms with E-state index in [-0.39, 0.29) is 6.85 Å². The number of rotatable bonds is 8. The summed E-state index contributed by atoms with van der Waals surface area (Å²) in [6, 6.07) is 82.1. The highest BCUT2D eigenvalue weighted by molar-refractivity contribution is 7.99. The van der Waals surface area contributed by atoms with E-state index >= 15 is 0 Å². The van der Waals surface area contributed by atoms with Crippen LogP contribution in [-0.2, 0) is 6.42 Å². The van der Waals surface area contributed by atoms with Crippen LogP contribution in [0.15, 0.2) is 234 Å². The van der Waals surface area contributed by atoms with E-state index in [0.29, 0.717) is 0 Å². The number of para-hydroxylation sites is 5. The van der Waals surface area contributed by atoms with Gasteiger partial charge in [0, 0.05) is 55.2 Å². The van der Waals surface area contributed by atoms with Gasteiger partial charge in [-0.15, -0.1) is 0 Å². The van der Waals surface area contributed by atoms with Gasteiger partial charge in [-0.1, -0.05) is 157 Å². The third kappa shape index (κ3) is 6.16. The minimum atomic E-state index is -0.108. The van der Waals surface area contributed by atoms with Gasteiger partial charge >= 0.3 is 6.85 Å². The van der Waals surface area contributed by atoms with Crippen LogP contribution in [0.4, 0.5) is 45.5 Å². The molecule has 0 unspecified atom stereocenters. The second-order valence-corrected chi connectivity index (χ2v) is 17.2. The van der Waals surface area contributed by atoms with Crippen molar-refractivity contribution < 1.29 is 0 Å². The minimum absolute atomic E-state index is 0.108. The highest BCUT2D eigenvalue weighted by Crippen LogP contribution is 2.56. The van der Waals surface area contributed by atoms with Crippen molar-refractivity contribution in [1.29, 1.82) is 0 Å². The Hall–Kier alpha value is -7.47. The van der Waals surface area contributed by atoms with E-state index in [1.54, 1.807) is 0 Å². The molecule has 0 N–H and O–H groups in total. The Kier molecular flexibility index (Phi) is 8.93. The van der Waals surface area contributed by atoms with Gasteiger partial charge in [-0.05, 0) is 130 Å². The summed E-state index contributed by atoms with van der Waals surface area (Å²) >= 11 is 1.88. The summed E-state index contributed by atoms with van der Waals surface area (Å²) in [5.74, 6) is 0. The van der Waals surface area contributed by atoms with Crippen LogP contribution in [0, 0.1) is 0 Å². The Bertz CT molecular complexity index is 3100. The van der Waals surface area contributed by atoms with Crippen molar-refractivity contribution in [1.82, 2.24) is 0 Å². The van der Waals surface area contributed by atoms with Crippen LogP contribution in [0.5, 0.6) is 0 Å². The van der Waals surface area contributed by atoms with Crippen LogP contribution >= 0.6 is 11.8 Å². The molecule has 3 aliphatic heterocycles. The Morgan fingerprint density at radius 1 is 0.500 bits per heavy atom. The molecule has 0 radical (unpaired) electrons. The molecule has 0 saturated heterocycles. The van der Waals surface area contributed by atoms with E-state index in [4.69, 9.17) is 0 Å². The summed E-state index contributed by atoms with van der Waals surface area (Å²) in [7, 11) is 0. The molecule has 0 bridgehead atoms. The van der Waals surface area contributed by atoms with Gasteiger partial charge in [-0.2, -0.15) is 0 Å². The average Bonchev–Trinajstić information content (AvgIpc) is 3.34. The quantitative estimate of drug-likeness (QED) is 0.112. The van der Waals surface area contributed by atoms with E-state index < -0.39 is 0 Å². The standard InChI is InChI=1S/C57H40BN3S/c1-6-19-40(20-7-1)35-42(36-41-21-8-2-9-22-41)43-37-49-48-29-18-32-55-57(48)61(52-30-16-17-31-54(52)62-55)58-50-39-47(59(44-23-10-3-11-24-44)45-25-12-4-13-26-45)33-34-51(50)60(53(38-43)56(49)58)46-27-14-5-15-28-46/h1-35,37-39H,36H2/b42-35-. The van der Waals surface area contributed by atoms with Gasteiger partial charge < -0.3 is 14.6 Å². The Morgan fingerprint density at radius 3 is 1.85 bits per heavy atom. The summed E-state index contributed by atoms with van der Waals surface area (Å²) in [4.78, 5) is 10.1. The molecule has 5 heteroatoms. The highest BCUT2D eigenvalue weighted by Gasteiger charge is 2.47. The van der Waals surface area contributed by atoms with Crippen molar-refractivity contribution in [2.75, 3.05) is 14.6 Å². The molecule has 292 valence electrons. The molecular formula is C57H40BN3S. The van der Waals surface area contributed by atoms with Gasteiger partial charge in [0.05, 0.1) is 5.69 Å². The lowest BCUT2D eigenvalue weighted by molar-refractivity contribution is 1.20. The SMILES string of the molecule is C(=C(\Cc1ccccc1)c1cc2c3c(c1)N(c1ccccc1)c1ccc(N(c4ccccc4)c4ccccc4)cc1B3N1c3ccccc3Sc3cccc-2c31)/c1ccccc1. The van der Waals surface area contributed by atoms with Gasteiger partial charge in [0.25, 0.3) is 0 Å². The normalized spacial score (nSPS) is 13.2. The summed E-state index contributed by atoms with van der Waals surface area (Å²) < 4.78 is 0. The van der Waals surface area contributed by atoms with Gasteiger partial charge in [0.15, 0.2) is 0 Å². The molecule has 0 fully saturated rings. The second kappa shape index (κ2) is 15.2. The number of nitrogens with zero attached hydrogens (tertiary/aromatic N) is 3. The van der Waals surface area contributed by atoms with Crippen LogP contribution < -0.4 is 25.5 Å². The van der Waals surface area contributed by atoms with E-state index in [1.807, 2.05) is 11.8 Å². The first-order valence-electron chi connectivity index (χ1n) is 21.3. The zero-order valence-corrected chi connectivity index (χ0v) is 34.8. The number of hydrogen-bond acceptors (Lipinski definition) is 4. The van der Waals surface area contributed by atoms with Crippen molar-refractivity contribution in [3.8, 4) is 11.1 Å². The van der Waals surface area contributed by atoms with Crippen LogP contribution in [0.2, 0.25) is 0 Å². The van der Waals surface area contributed by atoms with Crippen LogP contribution in [-0.4, -0.2) is 6.85 Å². The Labute approximate surface area is 368 Å². The fraction of sp³-hybridized carbons (Fsp3) is 0.0175. The summed E-state index contributed by atoms with van der Waals surface area (Å²) in [6.07, 6.45) is 3.19. The maximum Gasteiger partial charge on any atom is 0.333 e. The molecule has 3 nitrogen and oxygen atoms in total. The second-order valence-electron chi connectivity index (χ2n) is 16.1. The number of anilines is 8. The number of hydrogen-bond donors (Lipinski definition) is 0. The van der Waals surface area contributed by atoms with Crippen molar-refractivity contribution >= 4 is 86.7 Å². The predicted octanol–water partition coefficient (Wildman–Crippen LogP) is 14.1. The zero-order valence-electron chi connectivity index (χ0n) is 34.0. The molecule has 3 aliphatic rings. The fourth-order valence-corrected chi connectivity index (χ4v) is 10.9. The zero-order chi connectivity index (χ0) is 41.0. The molecule has 0 aliphatic carbocycles. The lowest BCUT2D eigenvalue weighted by atomic mass is 9.43. The van der Waals surface area contributed by atoms with Crippen LogP contribution in [0.25, 0.3) is 22.8 Å². The molecule has 0 spiro atoms. The van der Waals surface area contributed by atoms with Crippen LogP contribution in [0.1, 0.15) is 16.7 Å². The maximum absolute atomic E-state index is 2.66. The van der Waals surface area contributed by atoms with Crippen molar-refractivity contribution in [2.45, 2.75) is 16.2 Å². The molecule has 9 aromatic rings. The summed E-state index contributed by atoms with van der Waals surface area (Å²) in [5.41, 5.74) is 19.5. The molecule has 12 rings (SSSR count). The van der Waals surface area contributed by atoms with E-state index in [9.17, 15) is 0 Å². The lowest BCUT2D eigenvalue weighted by Crippen LogP contribution is -2.62. The first kappa shape index (κ1) is 36.4.